The van der Waals surface area contributed by atoms with E-state index in [1.54, 1.807) is 10.7 Å². The Bertz CT molecular complexity index is 458. The molecule has 5 nitrogen and oxygen atoms in total. The molecular formula is C13H20N4O. The maximum absolute atomic E-state index is 12.0. The van der Waals surface area contributed by atoms with Crippen LogP contribution in [0.2, 0.25) is 0 Å². The summed E-state index contributed by atoms with van der Waals surface area (Å²) in [5, 5.41) is 7.64. The number of anilines is 1. The standard InChI is InChI=1S/C13H20N4O/c18-13-7-12(16-5-1-2-6-16)9-15-17(13)10-11-3-4-14-8-11/h7,9,11,14H,1-6,8,10H2. The summed E-state index contributed by atoms with van der Waals surface area (Å²) >= 11 is 0. The summed E-state index contributed by atoms with van der Waals surface area (Å²) in [6.07, 6.45) is 5.42. The van der Waals surface area contributed by atoms with Crippen molar-refractivity contribution >= 4 is 5.69 Å². The van der Waals surface area contributed by atoms with E-state index in [9.17, 15) is 4.79 Å². The van der Waals surface area contributed by atoms with Gasteiger partial charge in [0.05, 0.1) is 11.9 Å². The molecule has 2 fully saturated rings. The zero-order chi connectivity index (χ0) is 12.4. The molecule has 0 bridgehead atoms. The summed E-state index contributed by atoms with van der Waals surface area (Å²) in [7, 11) is 0. The number of hydrogen-bond donors (Lipinski definition) is 1. The van der Waals surface area contributed by atoms with Crippen LogP contribution in [0.5, 0.6) is 0 Å². The molecule has 0 spiro atoms. The number of aromatic nitrogens is 2. The predicted molar refractivity (Wildman–Crippen MR) is 70.9 cm³/mol. The minimum Gasteiger partial charge on any atom is -0.370 e. The molecule has 2 aliphatic heterocycles. The monoisotopic (exact) mass is 248 g/mol. The van der Waals surface area contributed by atoms with Gasteiger partial charge in [-0.1, -0.05) is 0 Å². The molecule has 1 aromatic rings. The van der Waals surface area contributed by atoms with Crippen molar-refractivity contribution in [3.63, 3.8) is 0 Å². The lowest BCUT2D eigenvalue weighted by molar-refractivity contribution is 0.433. The van der Waals surface area contributed by atoms with E-state index in [-0.39, 0.29) is 5.56 Å². The third-order valence-electron chi connectivity index (χ3n) is 3.92. The molecule has 1 N–H and O–H groups in total. The molecule has 1 aromatic heterocycles. The topological polar surface area (TPSA) is 50.2 Å². The van der Waals surface area contributed by atoms with Gasteiger partial charge in [-0.05, 0) is 38.3 Å². The molecule has 2 aliphatic rings. The van der Waals surface area contributed by atoms with E-state index < -0.39 is 0 Å². The summed E-state index contributed by atoms with van der Waals surface area (Å²) < 4.78 is 1.61. The fourth-order valence-electron chi connectivity index (χ4n) is 2.82. The van der Waals surface area contributed by atoms with Crippen molar-refractivity contribution in [1.29, 1.82) is 0 Å². The van der Waals surface area contributed by atoms with Crippen LogP contribution in [0.3, 0.4) is 0 Å². The summed E-state index contributed by atoms with van der Waals surface area (Å²) in [6.45, 7) is 4.91. The molecule has 3 rings (SSSR count). The highest BCUT2D eigenvalue weighted by Gasteiger charge is 2.17. The van der Waals surface area contributed by atoms with Gasteiger partial charge < -0.3 is 10.2 Å². The number of hydrogen-bond acceptors (Lipinski definition) is 4. The van der Waals surface area contributed by atoms with E-state index in [0.29, 0.717) is 5.92 Å². The number of nitrogens with zero attached hydrogens (tertiary/aromatic N) is 3. The van der Waals surface area contributed by atoms with Gasteiger partial charge in [-0.2, -0.15) is 5.10 Å². The summed E-state index contributed by atoms with van der Waals surface area (Å²) in [6, 6.07) is 1.74. The SMILES string of the molecule is O=c1cc(N2CCCC2)cnn1CC1CCNC1. The van der Waals surface area contributed by atoms with Crippen molar-refractivity contribution in [2.45, 2.75) is 25.8 Å². The van der Waals surface area contributed by atoms with Crippen molar-refractivity contribution in [3.05, 3.63) is 22.6 Å². The zero-order valence-corrected chi connectivity index (χ0v) is 10.6. The van der Waals surface area contributed by atoms with Crippen molar-refractivity contribution in [1.82, 2.24) is 15.1 Å². The van der Waals surface area contributed by atoms with Gasteiger partial charge in [-0.15, -0.1) is 0 Å². The van der Waals surface area contributed by atoms with E-state index in [1.807, 2.05) is 6.20 Å². The Balaban J connectivity index is 1.73. The zero-order valence-electron chi connectivity index (χ0n) is 10.6. The lowest BCUT2D eigenvalue weighted by Gasteiger charge is -2.17. The van der Waals surface area contributed by atoms with Crippen LogP contribution in [0.1, 0.15) is 19.3 Å². The van der Waals surface area contributed by atoms with Crippen LogP contribution in [0.25, 0.3) is 0 Å². The summed E-state index contributed by atoms with van der Waals surface area (Å²) in [4.78, 5) is 14.3. The third kappa shape index (κ3) is 2.41. The average molecular weight is 248 g/mol. The minimum absolute atomic E-state index is 0.0336. The molecule has 0 aliphatic carbocycles. The molecule has 98 valence electrons. The molecule has 2 saturated heterocycles. The van der Waals surface area contributed by atoms with Crippen LogP contribution in [0.4, 0.5) is 5.69 Å². The van der Waals surface area contributed by atoms with Gasteiger partial charge >= 0.3 is 0 Å². The van der Waals surface area contributed by atoms with Crippen LogP contribution in [-0.4, -0.2) is 36.0 Å². The predicted octanol–water partition coefficient (Wildman–Crippen LogP) is 0.453. The molecule has 0 saturated carbocycles. The second-order valence-electron chi connectivity index (χ2n) is 5.29. The Morgan fingerprint density at radius 2 is 2.22 bits per heavy atom. The highest BCUT2D eigenvalue weighted by atomic mass is 16.1. The molecule has 1 unspecified atom stereocenters. The van der Waals surface area contributed by atoms with Gasteiger partial charge in [0.15, 0.2) is 0 Å². The Labute approximate surface area is 107 Å². The molecular weight excluding hydrogens is 228 g/mol. The highest BCUT2D eigenvalue weighted by molar-refractivity contribution is 5.43. The molecule has 0 aromatic carbocycles. The van der Waals surface area contributed by atoms with Crippen LogP contribution in [0, 0.1) is 5.92 Å². The van der Waals surface area contributed by atoms with E-state index in [4.69, 9.17) is 0 Å². The minimum atomic E-state index is 0.0336. The van der Waals surface area contributed by atoms with Crippen LogP contribution in [-0.2, 0) is 6.54 Å². The smallest absolute Gasteiger partial charge is 0.268 e. The van der Waals surface area contributed by atoms with Crippen LogP contribution < -0.4 is 15.8 Å². The van der Waals surface area contributed by atoms with Crippen molar-refractivity contribution in [2.24, 2.45) is 5.92 Å². The van der Waals surface area contributed by atoms with Crippen LogP contribution in [0.15, 0.2) is 17.1 Å². The highest BCUT2D eigenvalue weighted by Crippen LogP contribution is 2.17. The maximum Gasteiger partial charge on any atom is 0.268 e. The van der Waals surface area contributed by atoms with Crippen molar-refractivity contribution in [3.8, 4) is 0 Å². The maximum atomic E-state index is 12.0. The first-order chi connectivity index (χ1) is 8.83. The quantitative estimate of drug-likeness (QED) is 0.844. The first-order valence-electron chi connectivity index (χ1n) is 6.86. The second-order valence-corrected chi connectivity index (χ2v) is 5.29. The first-order valence-corrected chi connectivity index (χ1v) is 6.86. The molecule has 3 heterocycles. The van der Waals surface area contributed by atoms with Crippen molar-refractivity contribution in [2.75, 3.05) is 31.1 Å². The van der Waals surface area contributed by atoms with Gasteiger partial charge in [-0.3, -0.25) is 4.79 Å². The first kappa shape index (κ1) is 11.7. The Hall–Kier alpha value is -1.36. The molecule has 0 amide bonds. The van der Waals surface area contributed by atoms with E-state index in [2.05, 4.69) is 15.3 Å². The number of nitrogens with one attached hydrogen (secondary N) is 1. The van der Waals surface area contributed by atoms with E-state index >= 15 is 0 Å². The molecule has 0 radical (unpaired) electrons. The van der Waals surface area contributed by atoms with Gasteiger partial charge in [-0.25, -0.2) is 4.68 Å². The van der Waals surface area contributed by atoms with Crippen molar-refractivity contribution < 1.29 is 0 Å². The van der Waals surface area contributed by atoms with Gasteiger partial charge in [0.1, 0.15) is 0 Å². The van der Waals surface area contributed by atoms with Gasteiger partial charge in [0.25, 0.3) is 5.56 Å². The Kier molecular flexibility index (Phi) is 3.32. The second kappa shape index (κ2) is 5.10. The summed E-state index contributed by atoms with van der Waals surface area (Å²) in [5.74, 6) is 0.549. The summed E-state index contributed by atoms with van der Waals surface area (Å²) in [5.41, 5.74) is 1.02. The largest absolute Gasteiger partial charge is 0.370 e. The van der Waals surface area contributed by atoms with Gasteiger partial charge in [0.2, 0.25) is 0 Å². The lowest BCUT2D eigenvalue weighted by atomic mass is 10.1. The molecule has 5 heteroatoms. The van der Waals surface area contributed by atoms with E-state index in [0.717, 1.165) is 44.8 Å². The van der Waals surface area contributed by atoms with E-state index in [1.165, 1.54) is 12.8 Å². The number of rotatable bonds is 3. The van der Waals surface area contributed by atoms with Crippen LogP contribution >= 0.6 is 0 Å². The third-order valence-corrected chi connectivity index (χ3v) is 3.92. The lowest BCUT2D eigenvalue weighted by Crippen LogP contribution is -2.29. The van der Waals surface area contributed by atoms with Gasteiger partial charge in [0, 0.05) is 25.7 Å². The molecule has 18 heavy (non-hydrogen) atoms. The Morgan fingerprint density at radius 3 is 2.89 bits per heavy atom. The normalized spacial score (nSPS) is 23.8. The Morgan fingerprint density at radius 1 is 1.39 bits per heavy atom. The fourth-order valence-corrected chi connectivity index (χ4v) is 2.82. The average Bonchev–Trinajstić information content (AvgIpc) is 3.04. The fraction of sp³-hybridized carbons (Fsp3) is 0.692. The molecule has 1 atom stereocenters.